The van der Waals surface area contributed by atoms with Gasteiger partial charge in [0.2, 0.25) is 0 Å². The van der Waals surface area contributed by atoms with E-state index in [4.69, 9.17) is 9.47 Å². The minimum atomic E-state index is -2.98. The number of carboxylic acids is 2. The van der Waals surface area contributed by atoms with Gasteiger partial charge in [-0.05, 0) is 85.1 Å². The number of carboxylic acid groups (broad SMARTS) is 2. The maximum Gasteiger partial charge on any atom is 0.387 e. The van der Waals surface area contributed by atoms with Gasteiger partial charge in [-0.2, -0.15) is 17.6 Å². The van der Waals surface area contributed by atoms with Crippen LogP contribution < -0.4 is 28.7 Å². The lowest BCUT2D eigenvalue weighted by atomic mass is 10.1. The average molecular weight is 891 g/mol. The molecule has 0 atom stereocenters. The third-order valence-corrected chi connectivity index (χ3v) is 9.86. The van der Waals surface area contributed by atoms with Crippen LogP contribution in [0.4, 0.5) is 40.3 Å². The number of benzene rings is 4. The molecule has 12 nitrogen and oxygen atoms in total. The first-order valence-electron chi connectivity index (χ1n) is 19.9. The molecule has 0 aliphatic rings. The van der Waals surface area contributed by atoms with Gasteiger partial charge in [-0.1, -0.05) is 44.9 Å². The van der Waals surface area contributed by atoms with E-state index in [-0.39, 0.29) is 34.1 Å². The fourth-order valence-corrected chi connectivity index (χ4v) is 6.60. The lowest BCUT2D eigenvalue weighted by Gasteiger charge is -2.26. The molecule has 0 radical (unpaired) electrons. The summed E-state index contributed by atoms with van der Waals surface area (Å²) in [6.45, 7) is -0.436. The van der Waals surface area contributed by atoms with Gasteiger partial charge in [-0.15, -0.1) is 11.3 Å². The minimum Gasteiger partial charge on any atom is -0.490 e. The van der Waals surface area contributed by atoms with Crippen LogP contribution >= 0.6 is 11.3 Å². The first-order valence-corrected chi connectivity index (χ1v) is 20.7. The molecule has 2 N–H and O–H groups in total. The number of carbonyl (C=O) groups is 2. The molecule has 0 saturated carbocycles. The average Bonchev–Trinajstić information content (AvgIpc) is 3.80. The van der Waals surface area contributed by atoms with E-state index in [1.165, 1.54) is 35.6 Å². The molecular weight excluding hydrogens is 845 g/mol. The van der Waals surface area contributed by atoms with E-state index in [1.54, 1.807) is 90.8 Å². The van der Waals surface area contributed by atoms with Crippen molar-refractivity contribution in [2.24, 2.45) is 0 Å². The Kier molecular flexibility index (Phi) is 17.9. The van der Waals surface area contributed by atoms with Crippen LogP contribution in [-0.2, 0) is 13.1 Å². The SMILES string of the molecule is CCCCOc1cc(N(Cc2cccnc2)c2cccc(C(=O)O)c2)ccc1OC(F)F.CCCCOc1cc(N(Cc2cncs2)c2cccc(C(=O)O)c2)ccc1OC(F)F. The third-order valence-electron chi connectivity index (χ3n) is 9.09. The van der Waals surface area contributed by atoms with Crippen LogP contribution in [0.2, 0.25) is 0 Å². The summed E-state index contributed by atoms with van der Waals surface area (Å²) < 4.78 is 72.1. The van der Waals surface area contributed by atoms with Gasteiger partial charge >= 0.3 is 25.2 Å². The second kappa shape index (κ2) is 23.9. The molecule has 2 aromatic heterocycles. The minimum absolute atomic E-state index is 0.0492. The van der Waals surface area contributed by atoms with E-state index in [9.17, 15) is 37.4 Å². The summed E-state index contributed by atoms with van der Waals surface area (Å²) >= 11 is 1.46. The molecular formula is C46H46F4N4O8S. The van der Waals surface area contributed by atoms with Gasteiger partial charge in [0, 0.05) is 64.9 Å². The number of aromatic nitrogens is 2. The monoisotopic (exact) mass is 890 g/mol. The fourth-order valence-electron chi connectivity index (χ4n) is 6.02. The summed E-state index contributed by atoms with van der Waals surface area (Å²) in [5.41, 5.74) is 5.40. The molecule has 0 bridgehead atoms. The summed E-state index contributed by atoms with van der Waals surface area (Å²) in [6, 6.07) is 26.1. The Bertz CT molecular complexity index is 2360. The zero-order chi connectivity index (χ0) is 45.1. The molecule has 4 aromatic carbocycles. The molecule has 0 amide bonds. The van der Waals surface area contributed by atoms with Gasteiger partial charge in [0.25, 0.3) is 0 Å². The second-order valence-corrected chi connectivity index (χ2v) is 14.6. The molecule has 0 spiro atoms. The Balaban J connectivity index is 0.000000238. The van der Waals surface area contributed by atoms with E-state index < -0.39 is 25.2 Å². The summed E-state index contributed by atoms with van der Waals surface area (Å²) in [5.74, 6) is -1.79. The third kappa shape index (κ3) is 14.3. The van der Waals surface area contributed by atoms with E-state index in [2.05, 4.69) is 19.4 Å². The number of thiazole rings is 1. The number of anilines is 4. The molecule has 332 valence electrons. The molecule has 6 aromatic rings. The van der Waals surface area contributed by atoms with Gasteiger partial charge in [-0.25, -0.2) is 9.59 Å². The van der Waals surface area contributed by atoms with Gasteiger partial charge in [0.1, 0.15) is 0 Å². The van der Waals surface area contributed by atoms with Crippen molar-refractivity contribution in [3.8, 4) is 23.0 Å². The predicted octanol–water partition coefficient (Wildman–Crippen LogP) is 11.9. The van der Waals surface area contributed by atoms with Crippen molar-refractivity contribution in [1.82, 2.24) is 9.97 Å². The number of rotatable bonds is 22. The number of ether oxygens (including phenoxy) is 4. The highest BCUT2D eigenvalue weighted by Crippen LogP contribution is 2.39. The highest BCUT2D eigenvalue weighted by atomic mass is 32.1. The van der Waals surface area contributed by atoms with Crippen LogP contribution in [0.3, 0.4) is 0 Å². The highest BCUT2D eigenvalue weighted by Gasteiger charge is 2.20. The van der Waals surface area contributed by atoms with Gasteiger partial charge in [-0.3, -0.25) is 9.97 Å². The number of nitrogens with zero attached hydrogens (tertiary/aromatic N) is 4. The molecule has 2 heterocycles. The van der Waals surface area contributed by atoms with E-state index in [1.807, 2.05) is 29.7 Å². The first-order chi connectivity index (χ1) is 30.4. The number of unbranched alkanes of at least 4 members (excludes halogenated alkanes) is 2. The highest BCUT2D eigenvalue weighted by molar-refractivity contribution is 7.09. The molecule has 63 heavy (non-hydrogen) atoms. The van der Waals surface area contributed by atoms with Crippen LogP contribution in [-0.4, -0.2) is 58.6 Å². The standard InChI is InChI=1S/C24H24F2N2O4.C22H22F2N2O4S/c1-2-3-12-31-22-14-20(9-10-21(22)32-24(25)26)28(16-17-6-5-11-27-15-17)19-8-4-7-18(13-19)23(29)30;1-2-3-9-29-20-11-17(7-8-19(20)30-22(23)24)26(13-18-12-25-14-31-18)16-6-4-5-15(10-16)21(27)28/h4-11,13-15,24H,2-3,12,16H2,1H3,(H,29,30);4-8,10-12,14,22H,2-3,9,13H2,1H3,(H,27,28). The fraction of sp³-hybridized carbons (Fsp3) is 0.261. The number of aromatic carboxylic acids is 2. The van der Waals surface area contributed by atoms with Crippen molar-refractivity contribution >= 4 is 46.0 Å². The normalized spacial score (nSPS) is 10.8. The molecule has 6 rings (SSSR count). The number of halogens is 4. The molecule has 0 saturated heterocycles. The zero-order valence-corrected chi connectivity index (χ0v) is 35.2. The largest absolute Gasteiger partial charge is 0.490 e. The Morgan fingerprint density at radius 3 is 1.56 bits per heavy atom. The molecule has 0 aliphatic heterocycles. The van der Waals surface area contributed by atoms with Crippen molar-refractivity contribution < 1.29 is 56.3 Å². The lowest BCUT2D eigenvalue weighted by Crippen LogP contribution is -2.17. The second-order valence-electron chi connectivity index (χ2n) is 13.6. The summed E-state index contributed by atoms with van der Waals surface area (Å²) in [6.07, 6.45) is 8.41. The van der Waals surface area contributed by atoms with Crippen molar-refractivity contribution in [3.05, 3.63) is 143 Å². The van der Waals surface area contributed by atoms with Crippen molar-refractivity contribution in [2.75, 3.05) is 23.0 Å². The lowest BCUT2D eigenvalue weighted by molar-refractivity contribution is -0.0521. The number of pyridine rings is 1. The van der Waals surface area contributed by atoms with Gasteiger partial charge in [0.05, 0.1) is 36.4 Å². The van der Waals surface area contributed by atoms with Crippen LogP contribution in [0.25, 0.3) is 0 Å². The van der Waals surface area contributed by atoms with Crippen LogP contribution in [0.1, 0.15) is 70.7 Å². The predicted molar refractivity (Wildman–Crippen MR) is 232 cm³/mol. The van der Waals surface area contributed by atoms with Crippen molar-refractivity contribution in [3.63, 3.8) is 0 Å². The summed E-state index contributed by atoms with van der Waals surface area (Å²) in [4.78, 5) is 35.8. The molecule has 0 aliphatic carbocycles. The van der Waals surface area contributed by atoms with Crippen LogP contribution in [0.15, 0.2) is 121 Å². The van der Waals surface area contributed by atoms with Gasteiger partial charge in [0.15, 0.2) is 23.0 Å². The van der Waals surface area contributed by atoms with E-state index in [0.29, 0.717) is 49.1 Å². The van der Waals surface area contributed by atoms with E-state index >= 15 is 0 Å². The Morgan fingerprint density at radius 2 is 1.13 bits per heavy atom. The van der Waals surface area contributed by atoms with Crippen molar-refractivity contribution in [1.29, 1.82) is 0 Å². The Labute approximate surface area is 365 Å². The number of hydrogen-bond acceptors (Lipinski definition) is 11. The summed E-state index contributed by atoms with van der Waals surface area (Å²) in [5, 5.41) is 18.8. The Hall–Kier alpha value is -6.88. The molecule has 17 heteroatoms. The number of hydrogen-bond donors (Lipinski definition) is 2. The van der Waals surface area contributed by atoms with Crippen molar-refractivity contribution in [2.45, 2.75) is 65.8 Å². The zero-order valence-electron chi connectivity index (χ0n) is 34.4. The first kappa shape index (κ1) is 47.2. The molecule has 0 fully saturated rings. The topological polar surface area (TPSA) is 144 Å². The van der Waals surface area contributed by atoms with E-state index in [0.717, 1.165) is 36.1 Å². The smallest absolute Gasteiger partial charge is 0.387 e. The van der Waals surface area contributed by atoms with Crippen LogP contribution in [0, 0.1) is 0 Å². The quantitative estimate of drug-likeness (QED) is 0.0494. The summed E-state index contributed by atoms with van der Waals surface area (Å²) in [7, 11) is 0. The van der Waals surface area contributed by atoms with Crippen LogP contribution in [0.5, 0.6) is 23.0 Å². The molecule has 0 unspecified atom stereocenters. The van der Waals surface area contributed by atoms with Gasteiger partial charge < -0.3 is 39.0 Å². The number of alkyl halides is 4. The maximum absolute atomic E-state index is 12.9. The Morgan fingerprint density at radius 1 is 0.619 bits per heavy atom. The maximum atomic E-state index is 12.9.